The van der Waals surface area contributed by atoms with Crippen LogP contribution in [-0.2, 0) is 11.3 Å². The van der Waals surface area contributed by atoms with Crippen molar-refractivity contribution in [2.75, 3.05) is 0 Å². The van der Waals surface area contributed by atoms with Crippen molar-refractivity contribution in [3.8, 4) is 11.3 Å². The molecule has 0 spiro atoms. The molecule has 0 saturated carbocycles. The molecule has 0 aromatic carbocycles. The van der Waals surface area contributed by atoms with Crippen molar-refractivity contribution >= 4 is 11.9 Å². The van der Waals surface area contributed by atoms with Crippen molar-refractivity contribution < 1.29 is 14.7 Å². The number of carboxylic acids is 1. The molecule has 2 heterocycles. The lowest BCUT2D eigenvalue weighted by Gasteiger charge is -2.10. The molecule has 0 atom stereocenters. The topological polar surface area (TPSA) is 110 Å². The summed E-state index contributed by atoms with van der Waals surface area (Å²) in [5, 5.41) is 19.3. The van der Waals surface area contributed by atoms with Gasteiger partial charge in [-0.25, -0.2) is 9.48 Å². The summed E-state index contributed by atoms with van der Waals surface area (Å²) in [6, 6.07) is 3.27. The van der Waals surface area contributed by atoms with E-state index >= 15 is 0 Å². The molecule has 0 aliphatic rings. The SMILES string of the molecule is CC(C)NC(=O)Cn1nnc(C(=O)O)c1-c1ccncc1. The molecule has 0 aliphatic heterocycles. The van der Waals surface area contributed by atoms with Crippen molar-refractivity contribution in [1.82, 2.24) is 25.3 Å². The molecular formula is C13H15N5O3. The third-order valence-electron chi connectivity index (χ3n) is 2.63. The van der Waals surface area contributed by atoms with E-state index in [-0.39, 0.29) is 29.9 Å². The summed E-state index contributed by atoms with van der Waals surface area (Å²) >= 11 is 0. The third kappa shape index (κ3) is 3.41. The quantitative estimate of drug-likeness (QED) is 0.832. The first-order valence-electron chi connectivity index (χ1n) is 6.35. The molecule has 110 valence electrons. The van der Waals surface area contributed by atoms with Crippen LogP contribution in [0.1, 0.15) is 24.3 Å². The van der Waals surface area contributed by atoms with E-state index in [0.717, 1.165) is 0 Å². The van der Waals surface area contributed by atoms with Gasteiger partial charge in [0.1, 0.15) is 12.2 Å². The molecule has 2 aromatic rings. The van der Waals surface area contributed by atoms with Gasteiger partial charge in [0.05, 0.1) is 0 Å². The number of carbonyl (C=O) groups is 2. The highest BCUT2D eigenvalue weighted by Gasteiger charge is 2.21. The maximum absolute atomic E-state index is 11.8. The van der Waals surface area contributed by atoms with Gasteiger partial charge in [-0.1, -0.05) is 5.21 Å². The van der Waals surface area contributed by atoms with Gasteiger partial charge >= 0.3 is 5.97 Å². The van der Waals surface area contributed by atoms with Crippen LogP contribution in [0.5, 0.6) is 0 Å². The molecule has 8 nitrogen and oxygen atoms in total. The van der Waals surface area contributed by atoms with Crippen LogP contribution in [0.3, 0.4) is 0 Å². The molecule has 0 fully saturated rings. The summed E-state index contributed by atoms with van der Waals surface area (Å²) in [5.74, 6) is -1.46. The number of aromatic nitrogens is 4. The third-order valence-corrected chi connectivity index (χ3v) is 2.63. The molecule has 0 aliphatic carbocycles. The summed E-state index contributed by atoms with van der Waals surface area (Å²) in [4.78, 5) is 26.9. The predicted molar refractivity (Wildman–Crippen MR) is 73.5 cm³/mol. The lowest BCUT2D eigenvalue weighted by molar-refractivity contribution is -0.122. The first kappa shape index (κ1) is 14.6. The minimum Gasteiger partial charge on any atom is -0.476 e. The van der Waals surface area contributed by atoms with Crippen molar-refractivity contribution in [3.63, 3.8) is 0 Å². The molecule has 2 N–H and O–H groups in total. The highest BCUT2D eigenvalue weighted by Crippen LogP contribution is 2.21. The molecule has 2 aromatic heterocycles. The average molecular weight is 289 g/mol. The van der Waals surface area contributed by atoms with E-state index in [4.69, 9.17) is 0 Å². The van der Waals surface area contributed by atoms with Crippen LogP contribution in [0.25, 0.3) is 11.3 Å². The Hall–Kier alpha value is -2.77. The van der Waals surface area contributed by atoms with Gasteiger partial charge in [0.15, 0.2) is 5.69 Å². The van der Waals surface area contributed by atoms with E-state index in [1.54, 1.807) is 12.1 Å². The molecule has 0 radical (unpaired) electrons. The van der Waals surface area contributed by atoms with Gasteiger partial charge in [-0.3, -0.25) is 9.78 Å². The fourth-order valence-electron chi connectivity index (χ4n) is 1.87. The van der Waals surface area contributed by atoms with E-state index in [9.17, 15) is 14.7 Å². The normalized spacial score (nSPS) is 10.6. The van der Waals surface area contributed by atoms with Crippen molar-refractivity contribution in [1.29, 1.82) is 0 Å². The number of amides is 1. The number of hydrogen-bond donors (Lipinski definition) is 2. The molecule has 0 bridgehead atoms. The van der Waals surface area contributed by atoms with Gasteiger partial charge in [0, 0.05) is 24.0 Å². The Kier molecular flexibility index (Phi) is 4.27. The number of pyridine rings is 1. The lowest BCUT2D eigenvalue weighted by atomic mass is 10.1. The predicted octanol–water partition coefficient (Wildman–Crippen LogP) is 0.563. The smallest absolute Gasteiger partial charge is 0.358 e. The molecular weight excluding hydrogens is 274 g/mol. The molecule has 8 heteroatoms. The van der Waals surface area contributed by atoms with Gasteiger partial charge < -0.3 is 10.4 Å². The van der Waals surface area contributed by atoms with Crippen LogP contribution < -0.4 is 5.32 Å². The van der Waals surface area contributed by atoms with Crippen molar-refractivity contribution in [2.45, 2.75) is 26.4 Å². The number of carbonyl (C=O) groups excluding carboxylic acids is 1. The Morgan fingerprint density at radius 3 is 2.57 bits per heavy atom. The first-order valence-corrected chi connectivity index (χ1v) is 6.35. The Morgan fingerprint density at radius 2 is 2.00 bits per heavy atom. The summed E-state index contributed by atoms with van der Waals surface area (Å²) in [6.07, 6.45) is 3.07. The minimum absolute atomic E-state index is 0.00987. The molecule has 1 amide bonds. The lowest BCUT2D eigenvalue weighted by Crippen LogP contribution is -2.33. The highest BCUT2D eigenvalue weighted by molar-refractivity contribution is 5.93. The largest absolute Gasteiger partial charge is 0.476 e. The zero-order chi connectivity index (χ0) is 15.4. The summed E-state index contributed by atoms with van der Waals surface area (Å²) < 4.78 is 1.27. The molecule has 21 heavy (non-hydrogen) atoms. The number of nitrogens with one attached hydrogen (secondary N) is 1. The van der Waals surface area contributed by atoms with Crippen molar-refractivity contribution in [2.24, 2.45) is 0 Å². The van der Waals surface area contributed by atoms with Crippen LogP contribution >= 0.6 is 0 Å². The van der Waals surface area contributed by atoms with Crippen molar-refractivity contribution in [3.05, 3.63) is 30.2 Å². The second-order valence-corrected chi connectivity index (χ2v) is 4.71. The van der Waals surface area contributed by atoms with Crippen LogP contribution in [0.4, 0.5) is 0 Å². The van der Waals surface area contributed by atoms with Gasteiger partial charge in [0.2, 0.25) is 5.91 Å². The van der Waals surface area contributed by atoms with E-state index < -0.39 is 5.97 Å². The number of aromatic carboxylic acids is 1. The molecule has 0 unspecified atom stereocenters. The molecule has 2 rings (SSSR count). The Morgan fingerprint density at radius 1 is 1.33 bits per heavy atom. The summed E-state index contributed by atoms with van der Waals surface area (Å²) in [6.45, 7) is 3.58. The summed E-state index contributed by atoms with van der Waals surface area (Å²) in [7, 11) is 0. The number of nitrogens with zero attached hydrogens (tertiary/aromatic N) is 4. The van der Waals surface area contributed by atoms with Gasteiger partial charge in [-0.2, -0.15) is 0 Å². The fourth-order valence-corrected chi connectivity index (χ4v) is 1.87. The van der Waals surface area contributed by atoms with Crippen LogP contribution in [0, 0.1) is 0 Å². The van der Waals surface area contributed by atoms with Gasteiger partial charge in [-0.15, -0.1) is 5.10 Å². The molecule has 0 saturated heterocycles. The van der Waals surface area contributed by atoms with Crippen LogP contribution in [0.2, 0.25) is 0 Å². The van der Waals surface area contributed by atoms with Gasteiger partial charge in [0.25, 0.3) is 0 Å². The van der Waals surface area contributed by atoms with Gasteiger partial charge in [-0.05, 0) is 26.0 Å². The summed E-state index contributed by atoms with van der Waals surface area (Å²) in [5.41, 5.74) is 0.673. The number of hydrogen-bond acceptors (Lipinski definition) is 5. The van der Waals surface area contributed by atoms with E-state index in [2.05, 4.69) is 20.6 Å². The Bertz CT molecular complexity index is 651. The zero-order valence-corrected chi connectivity index (χ0v) is 11.6. The van der Waals surface area contributed by atoms with E-state index in [1.807, 2.05) is 13.8 Å². The first-order chi connectivity index (χ1) is 9.99. The zero-order valence-electron chi connectivity index (χ0n) is 11.6. The standard InChI is InChI=1S/C13H15N5O3/c1-8(2)15-10(19)7-18-12(9-3-5-14-6-4-9)11(13(20)21)16-17-18/h3-6,8H,7H2,1-2H3,(H,15,19)(H,20,21). The minimum atomic E-state index is -1.20. The number of carboxylic acid groups (broad SMARTS) is 1. The maximum Gasteiger partial charge on any atom is 0.358 e. The van der Waals surface area contributed by atoms with Crippen LogP contribution in [-0.4, -0.2) is 43.0 Å². The average Bonchev–Trinajstić information content (AvgIpc) is 2.82. The monoisotopic (exact) mass is 289 g/mol. The maximum atomic E-state index is 11.8. The second kappa shape index (κ2) is 6.12. The number of rotatable bonds is 5. The second-order valence-electron chi connectivity index (χ2n) is 4.71. The van der Waals surface area contributed by atoms with E-state index in [1.165, 1.54) is 17.1 Å². The van der Waals surface area contributed by atoms with E-state index in [0.29, 0.717) is 5.56 Å². The fraction of sp³-hybridized carbons (Fsp3) is 0.308. The highest BCUT2D eigenvalue weighted by atomic mass is 16.4. The Balaban J connectivity index is 2.39. The Labute approximate surface area is 120 Å². The van der Waals surface area contributed by atoms with Crippen LogP contribution in [0.15, 0.2) is 24.5 Å².